The van der Waals surface area contributed by atoms with E-state index in [1.54, 1.807) is 5.38 Å². The van der Waals surface area contributed by atoms with E-state index in [2.05, 4.69) is 36.4 Å². The van der Waals surface area contributed by atoms with E-state index in [0.29, 0.717) is 23.7 Å². The molecule has 29 heavy (non-hydrogen) atoms. The van der Waals surface area contributed by atoms with Crippen LogP contribution in [0.25, 0.3) is 0 Å². The van der Waals surface area contributed by atoms with Crippen LogP contribution in [0.4, 0.5) is 9.93 Å². The highest BCUT2D eigenvalue weighted by atomic mass is 32.1. The van der Waals surface area contributed by atoms with Crippen LogP contribution in [0.1, 0.15) is 52.7 Å². The normalized spacial score (nSPS) is 25.8. The van der Waals surface area contributed by atoms with Crippen molar-refractivity contribution < 1.29 is 23.9 Å². The van der Waals surface area contributed by atoms with Crippen LogP contribution >= 0.6 is 11.3 Å². The number of urea groups is 1. The van der Waals surface area contributed by atoms with E-state index in [0.717, 1.165) is 11.3 Å². The molecule has 1 aromatic rings. The number of anilines is 1. The van der Waals surface area contributed by atoms with Crippen molar-refractivity contribution in [3.05, 3.63) is 11.1 Å². The predicted octanol–water partition coefficient (Wildman–Crippen LogP) is 2.28. The first kappa shape index (κ1) is 21.2. The molecule has 1 saturated carbocycles. The summed E-state index contributed by atoms with van der Waals surface area (Å²) in [7, 11) is 0. The first-order chi connectivity index (χ1) is 13.5. The maximum atomic E-state index is 13.0. The van der Waals surface area contributed by atoms with E-state index in [9.17, 15) is 19.2 Å². The lowest BCUT2D eigenvalue weighted by molar-refractivity contribution is -0.149. The zero-order chi connectivity index (χ0) is 21.4. The summed E-state index contributed by atoms with van der Waals surface area (Å²) in [6.45, 7) is 7.08. The Labute approximate surface area is 173 Å². The van der Waals surface area contributed by atoms with Gasteiger partial charge >= 0.3 is 12.0 Å². The third kappa shape index (κ3) is 4.75. The van der Waals surface area contributed by atoms with Gasteiger partial charge in [-0.15, -0.1) is 11.3 Å². The molecule has 3 rings (SSSR count). The number of thiazole rings is 1. The fourth-order valence-electron chi connectivity index (χ4n) is 4.56. The fraction of sp³-hybridized carbons (Fsp3) is 0.632. The largest absolute Gasteiger partial charge is 0.458 e. The van der Waals surface area contributed by atoms with Crippen molar-refractivity contribution in [3.8, 4) is 0 Å². The van der Waals surface area contributed by atoms with Gasteiger partial charge in [0.1, 0.15) is 18.7 Å². The molecule has 158 valence electrons. The molecular formula is C19H26N4O5S. The van der Waals surface area contributed by atoms with Crippen molar-refractivity contribution in [3.63, 3.8) is 0 Å². The number of hydrogen-bond acceptors (Lipinski definition) is 7. The molecule has 1 spiro atoms. The van der Waals surface area contributed by atoms with Crippen LogP contribution in [0.2, 0.25) is 0 Å². The lowest BCUT2D eigenvalue weighted by Crippen LogP contribution is -2.54. The van der Waals surface area contributed by atoms with E-state index < -0.39 is 24.1 Å². The number of imide groups is 1. The molecule has 2 N–H and O–H groups in total. The molecule has 4 amide bonds. The molecule has 2 atom stereocenters. The lowest BCUT2D eigenvalue weighted by Gasteiger charge is -2.43. The Morgan fingerprint density at radius 1 is 1.38 bits per heavy atom. The summed E-state index contributed by atoms with van der Waals surface area (Å²) in [4.78, 5) is 53.8. The van der Waals surface area contributed by atoms with Gasteiger partial charge in [0.05, 0.1) is 5.69 Å². The summed E-state index contributed by atoms with van der Waals surface area (Å²) in [5.74, 6) is -1.00. The van der Waals surface area contributed by atoms with Crippen LogP contribution in [0.3, 0.4) is 0 Å². The molecular weight excluding hydrogens is 396 g/mol. The maximum Gasteiger partial charge on any atom is 0.326 e. The number of rotatable bonds is 5. The molecule has 10 heteroatoms. The zero-order valence-corrected chi connectivity index (χ0v) is 17.9. The average Bonchev–Trinajstić information content (AvgIpc) is 3.09. The number of hydrogen-bond donors (Lipinski definition) is 2. The van der Waals surface area contributed by atoms with Gasteiger partial charge in [0, 0.05) is 12.3 Å². The Bertz CT molecular complexity index is 851. The molecule has 0 unspecified atom stereocenters. The van der Waals surface area contributed by atoms with Gasteiger partial charge in [-0.25, -0.2) is 9.78 Å². The van der Waals surface area contributed by atoms with Gasteiger partial charge in [0.25, 0.3) is 5.91 Å². The number of ether oxygens (including phenoxy) is 1. The Morgan fingerprint density at radius 3 is 2.76 bits per heavy atom. The van der Waals surface area contributed by atoms with Gasteiger partial charge in [-0.05, 0) is 30.6 Å². The van der Waals surface area contributed by atoms with Crippen molar-refractivity contribution in [2.75, 3.05) is 11.9 Å². The first-order valence-corrected chi connectivity index (χ1v) is 10.4. The molecule has 2 aliphatic rings. The number of nitrogens with zero attached hydrogens (tertiary/aromatic N) is 2. The molecule has 2 heterocycles. The van der Waals surface area contributed by atoms with Crippen molar-refractivity contribution in [1.82, 2.24) is 15.2 Å². The molecule has 1 aliphatic heterocycles. The second kappa shape index (κ2) is 7.74. The fourth-order valence-corrected chi connectivity index (χ4v) is 5.30. The molecule has 0 radical (unpaired) electrons. The highest BCUT2D eigenvalue weighted by Crippen LogP contribution is 2.46. The van der Waals surface area contributed by atoms with Gasteiger partial charge in [0.2, 0.25) is 5.91 Å². The standard InChI is InChI=1S/C19H26N4O5S/c1-11-5-18(3,4)10-19(6-11)15(26)23(17(27)22-19)7-14(25)28-8-13-9-29-16(21-13)20-12(2)24/h9,11H,5-8,10H2,1-4H3,(H,22,27)(H,20,21,24)/t11-,19-/m0/s1. The van der Waals surface area contributed by atoms with Crippen LogP contribution in [0, 0.1) is 11.3 Å². The summed E-state index contributed by atoms with van der Waals surface area (Å²) >= 11 is 1.21. The van der Waals surface area contributed by atoms with Crippen molar-refractivity contribution >= 4 is 40.3 Å². The number of nitrogens with one attached hydrogen (secondary N) is 2. The second-order valence-electron chi connectivity index (χ2n) is 8.74. The summed E-state index contributed by atoms with van der Waals surface area (Å²) in [6, 6.07) is -0.557. The monoisotopic (exact) mass is 422 g/mol. The summed E-state index contributed by atoms with van der Waals surface area (Å²) in [5, 5.41) is 7.45. The Hall–Kier alpha value is -2.49. The molecule has 1 aliphatic carbocycles. The summed E-state index contributed by atoms with van der Waals surface area (Å²) in [5.41, 5.74) is -0.544. The van der Waals surface area contributed by atoms with Crippen LogP contribution in [-0.4, -0.2) is 45.8 Å². The highest BCUT2D eigenvalue weighted by Gasteiger charge is 2.56. The van der Waals surface area contributed by atoms with Crippen LogP contribution in [0.5, 0.6) is 0 Å². The van der Waals surface area contributed by atoms with Gasteiger partial charge in [-0.1, -0.05) is 20.8 Å². The Kier molecular flexibility index (Phi) is 5.66. The SMILES string of the molecule is CC(=O)Nc1nc(COC(=O)CN2C(=O)N[C@]3(C[C@@H](C)CC(C)(C)C3)C2=O)cs1. The van der Waals surface area contributed by atoms with Gasteiger partial charge < -0.3 is 15.4 Å². The minimum absolute atomic E-state index is 0.0760. The topological polar surface area (TPSA) is 118 Å². The number of carbonyl (C=O) groups is 4. The molecule has 1 saturated heterocycles. The smallest absolute Gasteiger partial charge is 0.326 e. The van der Waals surface area contributed by atoms with Gasteiger partial charge in [-0.2, -0.15) is 0 Å². The molecule has 2 fully saturated rings. The number of carbonyl (C=O) groups excluding carboxylic acids is 4. The Balaban J connectivity index is 1.59. The third-order valence-corrected chi connectivity index (χ3v) is 5.93. The average molecular weight is 423 g/mol. The van der Waals surface area contributed by atoms with Gasteiger partial charge in [0.15, 0.2) is 5.13 Å². The van der Waals surface area contributed by atoms with Crippen LogP contribution in [0.15, 0.2) is 5.38 Å². The molecule has 0 aromatic carbocycles. The van der Waals surface area contributed by atoms with E-state index in [4.69, 9.17) is 4.74 Å². The second-order valence-corrected chi connectivity index (χ2v) is 9.60. The van der Waals surface area contributed by atoms with E-state index in [1.807, 2.05) is 0 Å². The first-order valence-electron chi connectivity index (χ1n) is 9.51. The van der Waals surface area contributed by atoms with E-state index in [-0.39, 0.29) is 29.8 Å². The van der Waals surface area contributed by atoms with E-state index in [1.165, 1.54) is 18.3 Å². The van der Waals surface area contributed by atoms with E-state index >= 15 is 0 Å². The minimum Gasteiger partial charge on any atom is -0.458 e. The van der Waals surface area contributed by atoms with Crippen molar-refractivity contribution in [1.29, 1.82) is 0 Å². The van der Waals surface area contributed by atoms with Gasteiger partial charge in [-0.3, -0.25) is 19.3 Å². The molecule has 1 aromatic heterocycles. The van der Waals surface area contributed by atoms with Crippen LogP contribution < -0.4 is 10.6 Å². The third-order valence-electron chi connectivity index (χ3n) is 5.13. The quantitative estimate of drug-likeness (QED) is 0.555. The summed E-state index contributed by atoms with van der Waals surface area (Å²) < 4.78 is 5.16. The minimum atomic E-state index is -0.944. The zero-order valence-electron chi connectivity index (χ0n) is 17.0. The summed E-state index contributed by atoms with van der Waals surface area (Å²) in [6.07, 6.45) is 2.09. The number of esters is 1. The van der Waals surface area contributed by atoms with Crippen molar-refractivity contribution in [2.24, 2.45) is 11.3 Å². The highest BCUT2D eigenvalue weighted by molar-refractivity contribution is 7.13. The number of aromatic nitrogens is 1. The molecule has 0 bridgehead atoms. The van der Waals surface area contributed by atoms with Crippen molar-refractivity contribution in [2.45, 2.75) is 59.1 Å². The number of amides is 4. The molecule has 9 nitrogen and oxygen atoms in total. The van der Waals surface area contributed by atoms with Crippen LogP contribution in [-0.2, 0) is 25.7 Å². The predicted molar refractivity (Wildman–Crippen MR) is 106 cm³/mol. The lowest BCUT2D eigenvalue weighted by atomic mass is 9.64. The maximum absolute atomic E-state index is 13.0. The Morgan fingerprint density at radius 2 is 2.10 bits per heavy atom.